The van der Waals surface area contributed by atoms with E-state index in [-0.39, 0.29) is 11.8 Å². The number of carbonyl (C=O) groups excluding carboxylic acids is 2. The van der Waals surface area contributed by atoms with E-state index in [4.69, 9.17) is 0 Å². The van der Waals surface area contributed by atoms with Gasteiger partial charge in [0.1, 0.15) is 11.2 Å². The molecule has 1 aliphatic rings. The third kappa shape index (κ3) is 3.15. The first-order valence-corrected chi connectivity index (χ1v) is 6.94. The average Bonchev–Trinajstić information content (AvgIpc) is 3.20. The molecular weight excluding hydrogens is 259 g/mol. The van der Waals surface area contributed by atoms with Gasteiger partial charge in [0.15, 0.2) is 0 Å². The van der Waals surface area contributed by atoms with Crippen LogP contribution in [0.4, 0.5) is 10.1 Å². The van der Waals surface area contributed by atoms with Crippen LogP contribution in [-0.2, 0) is 9.59 Å². The maximum absolute atomic E-state index is 13.1. The summed E-state index contributed by atoms with van der Waals surface area (Å²) in [5.74, 6) is -0.989. The summed E-state index contributed by atoms with van der Waals surface area (Å²) < 4.78 is 13.1. The molecule has 0 aromatic heterocycles. The van der Waals surface area contributed by atoms with Crippen molar-refractivity contribution in [2.45, 2.75) is 32.6 Å². The Hall–Kier alpha value is -1.91. The van der Waals surface area contributed by atoms with Crippen LogP contribution in [0.1, 0.15) is 32.6 Å². The van der Waals surface area contributed by atoms with E-state index in [1.165, 1.54) is 18.2 Å². The van der Waals surface area contributed by atoms with Crippen molar-refractivity contribution in [1.29, 1.82) is 0 Å². The molecule has 2 rings (SSSR count). The van der Waals surface area contributed by atoms with E-state index >= 15 is 0 Å². The molecule has 0 unspecified atom stereocenters. The van der Waals surface area contributed by atoms with E-state index in [1.807, 2.05) is 6.92 Å². The van der Waals surface area contributed by atoms with Gasteiger partial charge in [-0.3, -0.25) is 9.59 Å². The zero-order valence-corrected chi connectivity index (χ0v) is 11.5. The molecular formula is C15H19FN2O2. The summed E-state index contributed by atoms with van der Waals surface area (Å²) in [4.78, 5) is 24.2. The Kier molecular flexibility index (Phi) is 4.37. The summed E-state index contributed by atoms with van der Waals surface area (Å²) in [6.45, 7) is 2.63. The monoisotopic (exact) mass is 278 g/mol. The highest BCUT2D eigenvalue weighted by molar-refractivity contribution is 6.13. The third-order valence-corrected chi connectivity index (χ3v) is 3.52. The van der Waals surface area contributed by atoms with Crippen molar-refractivity contribution in [3.63, 3.8) is 0 Å². The summed E-state index contributed by atoms with van der Waals surface area (Å²) in [6.07, 6.45) is 2.98. The van der Waals surface area contributed by atoms with Gasteiger partial charge in [-0.25, -0.2) is 4.39 Å². The number of hydrogen-bond acceptors (Lipinski definition) is 2. The molecule has 108 valence electrons. The van der Waals surface area contributed by atoms with Crippen molar-refractivity contribution >= 4 is 17.5 Å². The van der Waals surface area contributed by atoms with E-state index in [9.17, 15) is 14.0 Å². The smallest absolute Gasteiger partial charge is 0.240 e. The normalized spacial score (nSPS) is 15.5. The topological polar surface area (TPSA) is 58.2 Å². The van der Waals surface area contributed by atoms with Crippen molar-refractivity contribution in [2.24, 2.45) is 5.41 Å². The van der Waals surface area contributed by atoms with E-state index in [2.05, 4.69) is 10.6 Å². The SMILES string of the molecule is CCCCNC(=O)C1(C(=O)Nc2cccc(F)c2)CC1. The number of halogens is 1. The second kappa shape index (κ2) is 6.03. The van der Waals surface area contributed by atoms with Crippen LogP contribution in [0.5, 0.6) is 0 Å². The number of unbranched alkanes of at least 4 members (excludes halogenated alkanes) is 1. The highest BCUT2D eigenvalue weighted by Crippen LogP contribution is 2.46. The Morgan fingerprint density at radius 1 is 1.30 bits per heavy atom. The van der Waals surface area contributed by atoms with Crippen LogP contribution in [0.15, 0.2) is 24.3 Å². The molecule has 1 fully saturated rings. The molecule has 0 heterocycles. The molecule has 1 aliphatic carbocycles. The van der Waals surface area contributed by atoms with Crippen LogP contribution in [0, 0.1) is 11.2 Å². The molecule has 20 heavy (non-hydrogen) atoms. The van der Waals surface area contributed by atoms with Gasteiger partial charge in [-0.15, -0.1) is 0 Å². The lowest BCUT2D eigenvalue weighted by atomic mass is 10.0. The first-order chi connectivity index (χ1) is 9.58. The second-order valence-corrected chi connectivity index (χ2v) is 5.16. The van der Waals surface area contributed by atoms with E-state index in [0.717, 1.165) is 12.8 Å². The molecule has 4 nitrogen and oxygen atoms in total. The lowest BCUT2D eigenvalue weighted by Crippen LogP contribution is -2.40. The quantitative estimate of drug-likeness (QED) is 0.620. The van der Waals surface area contributed by atoms with Crippen LogP contribution in [0.3, 0.4) is 0 Å². The van der Waals surface area contributed by atoms with Gasteiger partial charge >= 0.3 is 0 Å². The van der Waals surface area contributed by atoms with Crippen LogP contribution in [0.25, 0.3) is 0 Å². The Morgan fingerprint density at radius 3 is 2.65 bits per heavy atom. The zero-order chi connectivity index (χ0) is 14.6. The molecule has 0 saturated heterocycles. The Bertz CT molecular complexity index is 512. The fraction of sp³-hybridized carbons (Fsp3) is 0.467. The molecule has 2 amide bonds. The average molecular weight is 278 g/mol. The fourth-order valence-corrected chi connectivity index (χ4v) is 2.05. The summed E-state index contributed by atoms with van der Waals surface area (Å²) in [6, 6.07) is 5.67. The van der Waals surface area contributed by atoms with Gasteiger partial charge in [0, 0.05) is 12.2 Å². The number of benzene rings is 1. The standard InChI is InChI=1S/C15H19FN2O2/c1-2-3-9-17-13(19)15(7-8-15)14(20)18-12-6-4-5-11(16)10-12/h4-6,10H,2-3,7-9H2,1H3,(H,17,19)(H,18,20). The maximum Gasteiger partial charge on any atom is 0.240 e. The van der Waals surface area contributed by atoms with Gasteiger partial charge in [-0.1, -0.05) is 19.4 Å². The molecule has 5 heteroatoms. The summed E-state index contributed by atoms with van der Waals surface area (Å²) in [5, 5.41) is 5.41. The Labute approximate surface area is 117 Å². The van der Waals surface area contributed by atoms with Gasteiger partial charge < -0.3 is 10.6 Å². The van der Waals surface area contributed by atoms with Gasteiger partial charge in [0.05, 0.1) is 0 Å². The minimum Gasteiger partial charge on any atom is -0.355 e. The first-order valence-electron chi connectivity index (χ1n) is 6.94. The Balaban J connectivity index is 1.96. The fourth-order valence-electron chi connectivity index (χ4n) is 2.05. The van der Waals surface area contributed by atoms with E-state index in [1.54, 1.807) is 6.07 Å². The largest absolute Gasteiger partial charge is 0.355 e. The summed E-state index contributed by atoms with van der Waals surface area (Å²) in [7, 11) is 0. The lowest BCUT2D eigenvalue weighted by molar-refractivity contribution is -0.134. The van der Waals surface area contributed by atoms with Crippen molar-refractivity contribution in [3.05, 3.63) is 30.1 Å². The summed E-state index contributed by atoms with van der Waals surface area (Å²) in [5.41, 5.74) is -0.581. The molecule has 0 bridgehead atoms. The second-order valence-electron chi connectivity index (χ2n) is 5.16. The van der Waals surface area contributed by atoms with Gasteiger partial charge in [-0.05, 0) is 37.5 Å². The molecule has 1 saturated carbocycles. The molecule has 0 spiro atoms. The number of hydrogen-bond donors (Lipinski definition) is 2. The first kappa shape index (κ1) is 14.5. The zero-order valence-electron chi connectivity index (χ0n) is 11.5. The van der Waals surface area contributed by atoms with Gasteiger partial charge in [-0.2, -0.15) is 0 Å². The molecule has 0 atom stereocenters. The predicted molar refractivity (Wildman–Crippen MR) is 74.6 cm³/mol. The van der Waals surface area contributed by atoms with E-state index in [0.29, 0.717) is 25.1 Å². The number of amides is 2. The van der Waals surface area contributed by atoms with Crippen LogP contribution in [-0.4, -0.2) is 18.4 Å². The summed E-state index contributed by atoms with van der Waals surface area (Å²) >= 11 is 0. The van der Waals surface area contributed by atoms with Gasteiger partial charge in [0.25, 0.3) is 0 Å². The van der Waals surface area contributed by atoms with Gasteiger partial charge in [0.2, 0.25) is 11.8 Å². The highest BCUT2D eigenvalue weighted by Gasteiger charge is 2.56. The Morgan fingerprint density at radius 2 is 2.05 bits per heavy atom. The van der Waals surface area contributed by atoms with Crippen molar-refractivity contribution in [2.75, 3.05) is 11.9 Å². The minimum atomic E-state index is -0.958. The third-order valence-electron chi connectivity index (χ3n) is 3.52. The minimum absolute atomic E-state index is 0.222. The molecule has 2 N–H and O–H groups in total. The predicted octanol–water partition coefficient (Wildman–Crippen LogP) is 2.46. The van der Waals surface area contributed by atoms with Crippen LogP contribution in [0.2, 0.25) is 0 Å². The van der Waals surface area contributed by atoms with Crippen LogP contribution >= 0.6 is 0 Å². The van der Waals surface area contributed by atoms with Crippen molar-refractivity contribution in [1.82, 2.24) is 5.32 Å². The van der Waals surface area contributed by atoms with E-state index < -0.39 is 11.2 Å². The van der Waals surface area contributed by atoms with Crippen molar-refractivity contribution < 1.29 is 14.0 Å². The molecule has 1 aromatic rings. The maximum atomic E-state index is 13.1. The van der Waals surface area contributed by atoms with Crippen molar-refractivity contribution in [3.8, 4) is 0 Å². The molecule has 0 radical (unpaired) electrons. The number of rotatable bonds is 6. The molecule has 0 aliphatic heterocycles. The highest BCUT2D eigenvalue weighted by atomic mass is 19.1. The van der Waals surface area contributed by atoms with Crippen LogP contribution < -0.4 is 10.6 Å². The number of nitrogens with one attached hydrogen (secondary N) is 2. The number of anilines is 1. The lowest BCUT2D eigenvalue weighted by Gasteiger charge is -2.15. The number of carbonyl (C=O) groups is 2. The molecule has 1 aromatic carbocycles.